The summed E-state index contributed by atoms with van der Waals surface area (Å²) in [5.74, 6) is 1.40. The van der Waals surface area contributed by atoms with E-state index in [0.717, 1.165) is 30.1 Å². The Morgan fingerprint density at radius 3 is 3.00 bits per heavy atom. The normalized spacial score (nSPS) is 15.3. The minimum atomic E-state index is 0.283. The number of carbonyl (C=O) groups is 1. The van der Waals surface area contributed by atoms with Crippen molar-refractivity contribution in [2.75, 3.05) is 30.0 Å². The Kier molecular flexibility index (Phi) is 3.31. The second-order valence-electron chi connectivity index (χ2n) is 3.67. The SMILES string of the molecule is CSCCN1CCC(=O)c2ccccc21. The van der Waals surface area contributed by atoms with Gasteiger partial charge in [-0.2, -0.15) is 11.8 Å². The van der Waals surface area contributed by atoms with Crippen LogP contribution in [-0.2, 0) is 0 Å². The van der Waals surface area contributed by atoms with Crippen molar-refractivity contribution >= 4 is 23.2 Å². The number of anilines is 1. The molecule has 0 amide bonds. The largest absolute Gasteiger partial charge is 0.370 e. The molecular weight excluding hydrogens is 206 g/mol. The van der Waals surface area contributed by atoms with Gasteiger partial charge in [-0.15, -0.1) is 0 Å². The van der Waals surface area contributed by atoms with Crippen molar-refractivity contribution in [1.29, 1.82) is 0 Å². The van der Waals surface area contributed by atoms with Gasteiger partial charge >= 0.3 is 0 Å². The Balaban J connectivity index is 2.24. The standard InChI is InChI=1S/C12H15NOS/c1-15-9-8-13-7-6-12(14)10-4-2-3-5-11(10)13/h2-5H,6-9H2,1H3. The summed E-state index contributed by atoms with van der Waals surface area (Å²) in [5, 5.41) is 0. The van der Waals surface area contributed by atoms with Crippen LogP contribution in [0.15, 0.2) is 24.3 Å². The van der Waals surface area contributed by atoms with Gasteiger partial charge in [0.1, 0.15) is 0 Å². The lowest BCUT2D eigenvalue weighted by Crippen LogP contribution is -2.33. The number of benzene rings is 1. The minimum absolute atomic E-state index is 0.283. The first-order chi connectivity index (χ1) is 7.33. The lowest BCUT2D eigenvalue weighted by Gasteiger charge is -2.30. The molecule has 3 heteroatoms. The first kappa shape index (κ1) is 10.6. The number of Topliss-reactive ketones (excluding diaryl/α,β-unsaturated/α-hetero) is 1. The first-order valence-electron chi connectivity index (χ1n) is 5.19. The maximum absolute atomic E-state index is 11.7. The third-order valence-electron chi connectivity index (χ3n) is 2.72. The van der Waals surface area contributed by atoms with Crippen molar-refractivity contribution in [3.05, 3.63) is 29.8 Å². The van der Waals surface area contributed by atoms with Gasteiger partial charge in [0.25, 0.3) is 0 Å². The zero-order valence-electron chi connectivity index (χ0n) is 8.90. The molecule has 1 aliphatic heterocycles. The van der Waals surface area contributed by atoms with Gasteiger partial charge in [0.05, 0.1) is 0 Å². The number of nitrogens with zero attached hydrogens (tertiary/aromatic N) is 1. The van der Waals surface area contributed by atoms with Crippen LogP contribution >= 0.6 is 11.8 Å². The van der Waals surface area contributed by atoms with Crippen LogP contribution in [0.3, 0.4) is 0 Å². The first-order valence-corrected chi connectivity index (χ1v) is 6.58. The summed E-state index contributed by atoms with van der Waals surface area (Å²) in [4.78, 5) is 14.0. The summed E-state index contributed by atoms with van der Waals surface area (Å²) in [7, 11) is 0. The zero-order valence-corrected chi connectivity index (χ0v) is 9.72. The predicted octanol–water partition coefficient (Wildman–Crippen LogP) is 2.44. The summed E-state index contributed by atoms with van der Waals surface area (Å²) in [6, 6.07) is 7.92. The van der Waals surface area contributed by atoms with Gasteiger partial charge in [-0.05, 0) is 18.4 Å². The Morgan fingerprint density at radius 2 is 2.20 bits per heavy atom. The molecule has 0 N–H and O–H groups in total. The molecule has 0 atom stereocenters. The third-order valence-corrected chi connectivity index (χ3v) is 3.31. The summed E-state index contributed by atoms with van der Waals surface area (Å²) in [6.07, 6.45) is 2.77. The van der Waals surface area contributed by atoms with Crippen molar-refractivity contribution in [2.45, 2.75) is 6.42 Å². The Labute approximate surface area is 94.7 Å². The number of fused-ring (bicyclic) bond motifs is 1. The fraction of sp³-hybridized carbons (Fsp3) is 0.417. The molecule has 0 aliphatic carbocycles. The highest BCUT2D eigenvalue weighted by atomic mass is 32.2. The van der Waals surface area contributed by atoms with Crippen molar-refractivity contribution in [1.82, 2.24) is 0 Å². The van der Waals surface area contributed by atoms with E-state index in [-0.39, 0.29) is 5.78 Å². The van der Waals surface area contributed by atoms with Crippen molar-refractivity contribution in [2.24, 2.45) is 0 Å². The number of carbonyl (C=O) groups excluding carboxylic acids is 1. The van der Waals surface area contributed by atoms with Crippen LogP contribution in [0.4, 0.5) is 5.69 Å². The summed E-state index contributed by atoms with van der Waals surface area (Å²) in [5.41, 5.74) is 2.01. The lowest BCUT2D eigenvalue weighted by atomic mass is 10.0. The molecule has 1 aromatic rings. The molecule has 80 valence electrons. The highest BCUT2D eigenvalue weighted by Crippen LogP contribution is 2.26. The topological polar surface area (TPSA) is 20.3 Å². The smallest absolute Gasteiger partial charge is 0.166 e. The Bertz CT molecular complexity index is 364. The summed E-state index contributed by atoms with van der Waals surface area (Å²) < 4.78 is 0. The quantitative estimate of drug-likeness (QED) is 0.782. The van der Waals surface area contributed by atoms with Crippen molar-refractivity contribution in [3.8, 4) is 0 Å². The van der Waals surface area contributed by atoms with Gasteiger partial charge in [-0.25, -0.2) is 0 Å². The van der Waals surface area contributed by atoms with E-state index in [9.17, 15) is 4.79 Å². The van der Waals surface area contributed by atoms with E-state index in [1.165, 1.54) is 0 Å². The molecule has 0 fully saturated rings. The fourth-order valence-corrected chi connectivity index (χ4v) is 2.31. The molecule has 2 rings (SSSR count). The number of thioether (sulfide) groups is 1. The zero-order chi connectivity index (χ0) is 10.7. The molecule has 1 aromatic carbocycles. The van der Waals surface area contributed by atoms with E-state index >= 15 is 0 Å². The molecule has 0 saturated carbocycles. The second-order valence-corrected chi connectivity index (χ2v) is 4.66. The van der Waals surface area contributed by atoms with Crippen LogP contribution in [0.5, 0.6) is 0 Å². The Morgan fingerprint density at radius 1 is 1.40 bits per heavy atom. The fourth-order valence-electron chi connectivity index (χ4n) is 1.91. The highest BCUT2D eigenvalue weighted by molar-refractivity contribution is 7.98. The van der Waals surface area contributed by atoms with Crippen LogP contribution in [0.2, 0.25) is 0 Å². The van der Waals surface area contributed by atoms with E-state index in [0.29, 0.717) is 6.42 Å². The van der Waals surface area contributed by atoms with Crippen LogP contribution in [-0.4, -0.2) is 30.9 Å². The van der Waals surface area contributed by atoms with Gasteiger partial charge < -0.3 is 4.90 Å². The molecule has 0 aromatic heterocycles. The van der Waals surface area contributed by atoms with E-state index in [1.54, 1.807) is 0 Å². The maximum Gasteiger partial charge on any atom is 0.166 e. The Hall–Kier alpha value is -0.960. The van der Waals surface area contributed by atoms with E-state index in [2.05, 4.69) is 11.2 Å². The molecule has 15 heavy (non-hydrogen) atoms. The molecule has 1 aliphatic rings. The van der Waals surface area contributed by atoms with E-state index < -0.39 is 0 Å². The van der Waals surface area contributed by atoms with Crippen LogP contribution in [0, 0.1) is 0 Å². The van der Waals surface area contributed by atoms with Crippen LogP contribution < -0.4 is 4.90 Å². The molecule has 0 radical (unpaired) electrons. The maximum atomic E-state index is 11.7. The highest BCUT2D eigenvalue weighted by Gasteiger charge is 2.21. The second kappa shape index (κ2) is 4.71. The molecule has 0 saturated heterocycles. The summed E-state index contributed by atoms with van der Waals surface area (Å²) in [6.45, 7) is 1.90. The lowest BCUT2D eigenvalue weighted by molar-refractivity contribution is 0.0980. The number of ketones is 1. The van der Waals surface area contributed by atoms with Crippen molar-refractivity contribution in [3.63, 3.8) is 0 Å². The third kappa shape index (κ3) is 2.17. The van der Waals surface area contributed by atoms with Gasteiger partial charge in [-0.3, -0.25) is 4.79 Å². The van der Waals surface area contributed by atoms with Crippen LogP contribution in [0.1, 0.15) is 16.8 Å². The summed E-state index contributed by atoms with van der Waals surface area (Å²) >= 11 is 1.84. The van der Waals surface area contributed by atoms with E-state index in [4.69, 9.17) is 0 Å². The molecule has 0 spiro atoms. The van der Waals surface area contributed by atoms with Gasteiger partial charge in [-0.1, -0.05) is 12.1 Å². The van der Waals surface area contributed by atoms with Gasteiger partial charge in [0.15, 0.2) is 5.78 Å². The number of para-hydroxylation sites is 1. The van der Waals surface area contributed by atoms with Gasteiger partial charge in [0, 0.05) is 36.5 Å². The molecule has 0 bridgehead atoms. The van der Waals surface area contributed by atoms with Crippen LogP contribution in [0.25, 0.3) is 0 Å². The average Bonchev–Trinajstić information content (AvgIpc) is 2.29. The monoisotopic (exact) mass is 221 g/mol. The molecule has 1 heterocycles. The van der Waals surface area contributed by atoms with Crippen molar-refractivity contribution < 1.29 is 4.79 Å². The molecule has 2 nitrogen and oxygen atoms in total. The number of rotatable bonds is 3. The molecular formula is C12H15NOS. The molecule has 0 unspecified atom stereocenters. The number of hydrogen-bond acceptors (Lipinski definition) is 3. The predicted molar refractivity (Wildman–Crippen MR) is 66.0 cm³/mol. The van der Waals surface area contributed by atoms with E-state index in [1.807, 2.05) is 36.0 Å². The number of hydrogen-bond donors (Lipinski definition) is 0. The average molecular weight is 221 g/mol. The minimum Gasteiger partial charge on any atom is -0.370 e. The van der Waals surface area contributed by atoms with Gasteiger partial charge in [0.2, 0.25) is 0 Å².